The van der Waals surface area contributed by atoms with Gasteiger partial charge in [0.05, 0.1) is 0 Å². The predicted octanol–water partition coefficient (Wildman–Crippen LogP) is 2.48. The van der Waals surface area contributed by atoms with Crippen LogP contribution in [0.3, 0.4) is 0 Å². The van der Waals surface area contributed by atoms with Crippen molar-refractivity contribution in [2.45, 2.75) is 38.9 Å². The molecule has 146 valence electrons. The van der Waals surface area contributed by atoms with Crippen LogP contribution >= 0.6 is 0 Å². The van der Waals surface area contributed by atoms with Gasteiger partial charge in [0.2, 0.25) is 5.91 Å². The van der Waals surface area contributed by atoms with Crippen LogP contribution < -0.4 is 5.32 Å². The fraction of sp³-hybridized carbons (Fsp3) is 0.318. The van der Waals surface area contributed by atoms with Crippen molar-refractivity contribution >= 4 is 17.8 Å². The predicted molar refractivity (Wildman–Crippen MR) is 105 cm³/mol. The zero-order chi connectivity index (χ0) is 20.3. The van der Waals surface area contributed by atoms with Crippen LogP contribution in [0, 0.1) is 5.92 Å². The minimum absolute atomic E-state index is 0.163. The number of aliphatic carboxylic acids is 1. The molecule has 0 spiro atoms. The molecule has 6 nitrogen and oxygen atoms in total. The summed E-state index contributed by atoms with van der Waals surface area (Å²) < 4.78 is 0. The van der Waals surface area contributed by atoms with Crippen LogP contribution in [-0.4, -0.2) is 39.9 Å². The third-order valence-corrected chi connectivity index (χ3v) is 4.98. The first kappa shape index (κ1) is 19.6. The standard InChI is InChI=1S/C22H24N2O4/c1-14(2)19(24-13-16-10-6-7-11-17(16)21(24)26)20(25)23-18(22(27)28)12-15-8-4-3-5-9-15/h3-11,14,18-19H,12-13H2,1-2H3,(H,23,25)(H,27,28)/t18-,19-/m0/s1. The van der Waals surface area contributed by atoms with Crippen LogP contribution in [0.4, 0.5) is 0 Å². The Morgan fingerprint density at radius 3 is 2.32 bits per heavy atom. The lowest BCUT2D eigenvalue weighted by Crippen LogP contribution is -2.54. The van der Waals surface area contributed by atoms with Crippen LogP contribution in [0.2, 0.25) is 0 Å². The van der Waals surface area contributed by atoms with Crippen molar-refractivity contribution in [2.75, 3.05) is 0 Å². The molecule has 1 heterocycles. The molecule has 3 rings (SSSR count). The number of benzene rings is 2. The first-order valence-corrected chi connectivity index (χ1v) is 9.34. The van der Waals surface area contributed by atoms with Gasteiger partial charge in [0.25, 0.3) is 5.91 Å². The summed E-state index contributed by atoms with van der Waals surface area (Å²) in [6, 6.07) is 14.6. The average molecular weight is 380 g/mol. The summed E-state index contributed by atoms with van der Waals surface area (Å²) >= 11 is 0. The molecule has 6 heteroatoms. The van der Waals surface area contributed by atoms with Gasteiger partial charge < -0.3 is 15.3 Å². The van der Waals surface area contributed by atoms with E-state index < -0.39 is 24.0 Å². The van der Waals surface area contributed by atoms with Gasteiger partial charge in [0.15, 0.2) is 0 Å². The Morgan fingerprint density at radius 2 is 1.71 bits per heavy atom. The number of hydrogen-bond donors (Lipinski definition) is 2. The van der Waals surface area contributed by atoms with E-state index in [4.69, 9.17) is 0 Å². The SMILES string of the molecule is CC(C)[C@@H](C(=O)N[C@@H](Cc1ccccc1)C(=O)O)N1Cc2ccccc2C1=O. The Hall–Kier alpha value is -3.15. The Balaban J connectivity index is 1.78. The number of carbonyl (C=O) groups is 3. The number of nitrogens with zero attached hydrogens (tertiary/aromatic N) is 1. The Labute approximate surface area is 164 Å². The van der Waals surface area contributed by atoms with Gasteiger partial charge in [-0.3, -0.25) is 9.59 Å². The maximum Gasteiger partial charge on any atom is 0.326 e. The van der Waals surface area contributed by atoms with Crippen LogP contribution in [-0.2, 0) is 22.6 Å². The molecule has 0 saturated carbocycles. The third-order valence-electron chi connectivity index (χ3n) is 4.98. The second-order valence-corrected chi connectivity index (χ2v) is 7.37. The lowest BCUT2D eigenvalue weighted by Gasteiger charge is -2.31. The number of fused-ring (bicyclic) bond motifs is 1. The van der Waals surface area contributed by atoms with Crippen LogP contribution in [0.1, 0.15) is 35.3 Å². The molecule has 2 aromatic carbocycles. The number of nitrogens with one attached hydrogen (secondary N) is 1. The fourth-order valence-electron chi connectivity index (χ4n) is 3.61. The summed E-state index contributed by atoms with van der Waals surface area (Å²) in [6.45, 7) is 4.06. The molecule has 2 atom stereocenters. The highest BCUT2D eigenvalue weighted by molar-refractivity contribution is 6.01. The van der Waals surface area contributed by atoms with E-state index in [9.17, 15) is 19.5 Å². The highest BCUT2D eigenvalue weighted by atomic mass is 16.4. The van der Waals surface area contributed by atoms with Gasteiger partial charge in [0, 0.05) is 18.5 Å². The number of hydrogen-bond acceptors (Lipinski definition) is 3. The maximum atomic E-state index is 13.0. The summed E-state index contributed by atoms with van der Waals surface area (Å²) in [7, 11) is 0. The van der Waals surface area contributed by atoms with Gasteiger partial charge in [0.1, 0.15) is 12.1 Å². The first-order valence-electron chi connectivity index (χ1n) is 9.34. The van der Waals surface area contributed by atoms with Crippen LogP contribution in [0.15, 0.2) is 54.6 Å². The molecule has 2 N–H and O–H groups in total. The lowest BCUT2D eigenvalue weighted by molar-refractivity contribution is -0.142. The lowest BCUT2D eigenvalue weighted by atomic mass is 10.00. The van der Waals surface area contributed by atoms with E-state index in [1.807, 2.05) is 56.3 Å². The minimum atomic E-state index is -1.10. The molecule has 2 aromatic rings. The van der Waals surface area contributed by atoms with E-state index in [2.05, 4.69) is 5.32 Å². The largest absolute Gasteiger partial charge is 0.480 e. The topological polar surface area (TPSA) is 86.7 Å². The monoisotopic (exact) mass is 380 g/mol. The van der Waals surface area contributed by atoms with E-state index in [-0.39, 0.29) is 18.2 Å². The van der Waals surface area contributed by atoms with Crippen LogP contribution in [0.5, 0.6) is 0 Å². The number of amides is 2. The molecule has 0 saturated heterocycles. The summed E-state index contributed by atoms with van der Waals surface area (Å²) in [5, 5.41) is 12.2. The Kier molecular flexibility index (Phi) is 5.78. The van der Waals surface area contributed by atoms with Gasteiger partial charge in [-0.15, -0.1) is 0 Å². The molecule has 0 aliphatic carbocycles. The first-order chi connectivity index (χ1) is 13.4. The van der Waals surface area contributed by atoms with Crippen molar-refractivity contribution < 1.29 is 19.5 Å². The zero-order valence-corrected chi connectivity index (χ0v) is 16.0. The number of carbonyl (C=O) groups excluding carboxylic acids is 2. The highest BCUT2D eigenvalue weighted by Crippen LogP contribution is 2.27. The smallest absolute Gasteiger partial charge is 0.326 e. The van der Waals surface area contributed by atoms with E-state index in [1.54, 1.807) is 12.1 Å². The van der Waals surface area contributed by atoms with Crippen molar-refractivity contribution in [3.05, 3.63) is 71.3 Å². The molecule has 0 radical (unpaired) electrons. The molecule has 0 unspecified atom stereocenters. The summed E-state index contributed by atoms with van der Waals surface area (Å²) in [5.74, 6) is -1.90. The van der Waals surface area contributed by atoms with Gasteiger partial charge in [-0.1, -0.05) is 62.4 Å². The molecule has 1 aliphatic rings. The molecule has 0 aromatic heterocycles. The minimum Gasteiger partial charge on any atom is -0.480 e. The Bertz CT molecular complexity index is 879. The molecule has 28 heavy (non-hydrogen) atoms. The van der Waals surface area contributed by atoms with Crippen LogP contribution in [0.25, 0.3) is 0 Å². The van der Waals surface area contributed by atoms with Gasteiger partial charge in [-0.2, -0.15) is 0 Å². The molecular formula is C22H24N2O4. The number of carboxylic acid groups (broad SMARTS) is 1. The van der Waals surface area contributed by atoms with Crippen molar-refractivity contribution in [3.8, 4) is 0 Å². The van der Waals surface area contributed by atoms with E-state index in [0.29, 0.717) is 12.1 Å². The molecule has 0 bridgehead atoms. The molecule has 2 amide bonds. The molecule has 1 aliphatic heterocycles. The van der Waals surface area contributed by atoms with E-state index >= 15 is 0 Å². The molecule has 0 fully saturated rings. The second-order valence-electron chi connectivity index (χ2n) is 7.37. The Morgan fingerprint density at radius 1 is 1.07 bits per heavy atom. The zero-order valence-electron chi connectivity index (χ0n) is 16.0. The third kappa shape index (κ3) is 4.06. The molecular weight excluding hydrogens is 356 g/mol. The van der Waals surface area contributed by atoms with E-state index in [1.165, 1.54) is 4.90 Å². The van der Waals surface area contributed by atoms with Crippen molar-refractivity contribution in [1.29, 1.82) is 0 Å². The average Bonchev–Trinajstić information content (AvgIpc) is 2.98. The van der Waals surface area contributed by atoms with Gasteiger partial charge in [-0.05, 0) is 23.1 Å². The quantitative estimate of drug-likeness (QED) is 0.773. The van der Waals surface area contributed by atoms with Gasteiger partial charge in [-0.25, -0.2) is 4.79 Å². The number of carboxylic acids is 1. The summed E-state index contributed by atoms with van der Waals surface area (Å²) in [6.07, 6.45) is 0.181. The second kappa shape index (κ2) is 8.25. The van der Waals surface area contributed by atoms with Crippen molar-refractivity contribution in [2.24, 2.45) is 5.92 Å². The highest BCUT2D eigenvalue weighted by Gasteiger charge is 2.39. The van der Waals surface area contributed by atoms with Crippen molar-refractivity contribution in [1.82, 2.24) is 10.2 Å². The maximum absolute atomic E-state index is 13.0. The van der Waals surface area contributed by atoms with Crippen molar-refractivity contribution in [3.63, 3.8) is 0 Å². The summed E-state index contributed by atoms with van der Waals surface area (Å²) in [4.78, 5) is 39.0. The normalized spacial score (nSPS) is 15.2. The summed E-state index contributed by atoms with van der Waals surface area (Å²) in [5.41, 5.74) is 2.30. The number of rotatable bonds is 7. The van der Waals surface area contributed by atoms with Gasteiger partial charge >= 0.3 is 5.97 Å². The van der Waals surface area contributed by atoms with E-state index in [0.717, 1.165) is 11.1 Å². The fourth-order valence-corrected chi connectivity index (χ4v) is 3.61.